The van der Waals surface area contributed by atoms with Crippen LogP contribution in [-0.4, -0.2) is 42.4 Å². The molecule has 5 nitrogen and oxygen atoms in total. The molecular weight excluding hydrogens is 290 g/mol. The Morgan fingerprint density at radius 1 is 1.43 bits per heavy atom. The lowest BCUT2D eigenvalue weighted by Gasteiger charge is -2.34. The van der Waals surface area contributed by atoms with Gasteiger partial charge in [-0.3, -0.25) is 19.8 Å². The Hall–Kier alpha value is -1.43. The van der Waals surface area contributed by atoms with Crippen LogP contribution in [0.3, 0.4) is 0 Å². The summed E-state index contributed by atoms with van der Waals surface area (Å²) in [6, 6.07) is 6.72. The van der Waals surface area contributed by atoms with Crippen LogP contribution in [0.15, 0.2) is 24.3 Å². The van der Waals surface area contributed by atoms with Crippen molar-refractivity contribution in [1.29, 1.82) is 0 Å². The van der Waals surface area contributed by atoms with E-state index in [9.17, 15) is 9.59 Å². The molecule has 1 aromatic carbocycles. The van der Waals surface area contributed by atoms with Crippen molar-refractivity contribution >= 4 is 23.4 Å². The maximum atomic E-state index is 12.0. The molecular formula is C15H20ClN3O2. The Bertz CT molecular complexity index is 535. The van der Waals surface area contributed by atoms with Gasteiger partial charge in [-0.2, -0.15) is 0 Å². The van der Waals surface area contributed by atoms with Gasteiger partial charge in [-0.05, 0) is 31.0 Å². The summed E-state index contributed by atoms with van der Waals surface area (Å²) in [5.74, 6) is -0.337. The standard InChI is InChI=1S/C15H20ClN3O2/c1-10-6-7-19(8-13(10)17)9-14(20)18-15(21)11-4-2-3-5-12(11)16/h2-5,10,13H,6-9,17H2,1H3,(H,18,20,21). The number of nitrogens with zero attached hydrogens (tertiary/aromatic N) is 1. The van der Waals surface area contributed by atoms with Gasteiger partial charge in [0, 0.05) is 12.6 Å². The third-order valence-corrected chi connectivity index (χ3v) is 4.17. The minimum atomic E-state index is -0.472. The Balaban J connectivity index is 1.88. The number of hydrogen-bond acceptors (Lipinski definition) is 4. The second kappa shape index (κ2) is 7.02. The van der Waals surface area contributed by atoms with Crippen LogP contribution in [0.5, 0.6) is 0 Å². The van der Waals surface area contributed by atoms with E-state index in [4.69, 9.17) is 17.3 Å². The number of likely N-dealkylation sites (tertiary alicyclic amines) is 1. The van der Waals surface area contributed by atoms with Gasteiger partial charge in [-0.15, -0.1) is 0 Å². The lowest BCUT2D eigenvalue weighted by atomic mass is 9.94. The minimum absolute atomic E-state index is 0.0748. The van der Waals surface area contributed by atoms with Gasteiger partial charge in [0.2, 0.25) is 5.91 Å². The first-order chi connectivity index (χ1) is 9.97. The maximum Gasteiger partial charge on any atom is 0.259 e. The van der Waals surface area contributed by atoms with Gasteiger partial charge in [-0.1, -0.05) is 30.7 Å². The molecule has 0 aromatic heterocycles. The predicted molar refractivity (Wildman–Crippen MR) is 82.1 cm³/mol. The van der Waals surface area contributed by atoms with E-state index in [1.807, 2.05) is 4.90 Å². The molecule has 2 amide bonds. The van der Waals surface area contributed by atoms with Crippen molar-refractivity contribution in [2.75, 3.05) is 19.6 Å². The molecule has 0 bridgehead atoms. The molecule has 0 radical (unpaired) electrons. The molecule has 2 unspecified atom stereocenters. The average molecular weight is 310 g/mol. The lowest BCUT2D eigenvalue weighted by Crippen LogP contribution is -2.50. The fourth-order valence-electron chi connectivity index (χ4n) is 2.40. The number of benzene rings is 1. The molecule has 3 N–H and O–H groups in total. The van der Waals surface area contributed by atoms with Crippen molar-refractivity contribution in [1.82, 2.24) is 10.2 Å². The Labute approximate surface area is 129 Å². The van der Waals surface area contributed by atoms with Gasteiger partial charge in [0.05, 0.1) is 17.1 Å². The number of imide groups is 1. The maximum absolute atomic E-state index is 12.0. The number of carbonyl (C=O) groups is 2. The van der Waals surface area contributed by atoms with Crippen molar-refractivity contribution in [3.05, 3.63) is 34.9 Å². The Kier molecular flexibility index (Phi) is 5.33. The topological polar surface area (TPSA) is 75.4 Å². The second-order valence-corrected chi connectivity index (χ2v) is 5.93. The highest BCUT2D eigenvalue weighted by molar-refractivity contribution is 6.34. The highest BCUT2D eigenvalue weighted by Crippen LogP contribution is 2.16. The third-order valence-electron chi connectivity index (χ3n) is 3.84. The summed E-state index contributed by atoms with van der Waals surface area (Å²) in [6.07, 6.45) is 0.965. The number of amides is 2. The zero-order valence-electron chi connectivity index (χ0n) is 12.0. The first-order valence-corrected chi connectivity index (χ1v) is 7.42. The van der Waals surface area contributed by atoms with Crippen LogP contribution in [0.1, 0.15) is 23.7 Å². The van der Waals surface area contributed by atoms with Crippen LogP contribution in [0.25, 0.3) is 0 Å². The minimum Gasteiger partial charge on any atom is -0.326 e. The third kappa shape index (κ3) is 4.27. The largest absolute Gasteiger partial charge is 0.326 e. The number of halogens is 1. The van der Waals surface area contributed by atoms with Crippen molar-refractivity contribution in [2.24, 2.45) is 11.7 Å². The fraction of sp³-hybridized carbons (Fsp3) is 0.467. The Morgan fingerprint density at radius 3 is 2.81 bits per heavy atom. The molecule has 1 aliphatic heterocycles. The molecule has 0 aliphatic carbocycles. The molecule has 0 saturated carbocycles. The number of piperidine rings is 1. The summed E-state index contributed by atoms with van der Waals surface area (Å²) in [4.78, 5) is 25.9. The van der Waals surface area contributed by atoms with Gasteiger partial charge in [0.1, 0.15) is 0 Å². The molecule has 6 heteroatoms. The summed E-state index contributed by atoms with van der Waals surface area (Å²) < 4.78 is 0. The summed E-state index contributed by atoms with van der Waals surface area (Å²) in [7, 11) is 0. The van der Waals surface area contributed by atoms with Gasteiger partial charge >= 0.3 is 0 Å². The fourth-order valence-corrected chi connectivity index (χ4v) is 2.62. The van der Waals surface area contributed by atoms with E-state index < -0.39 is 5.91 Å². The Morgan fingerprint density at radius 2 is 2.14 bits per heavy atom. The van der Waals surface area contributed by atoms with E-state index in [1.165, 1.54) is 0 Å². The molecule has 114 valence electrons. The van der Waals surface area contributed by atoms with Crippen LogP contribution in [0, 0.1) is 5.92 Å². The molecule has 21 heavy (non-hydrogen) atoms. The molecule has 2 rings (SSSR count). The van der Waals surface area contributed by atoms with Gasteiger partial charge in [0.25, 0.3) is 5.91 Å². The summed E-state index contributed by atoms with van der Waals surface area (Å²) in [6.45, 7) is 3.79. The lowest BCUT2D eigenvalue weighted by molar-refractivity contribution is -0.121. The smallest absolute Gasteiger partial charge is 0.259 e. The van der Waals surface area contributed by atoms with E-state index in [2.05, 4.69) is 12.2 Å². The van der Waals surface area contributed by atoms with Crippen molar-refractivity contribution in [2.45, 2.75) is 19.4 Å². The zero-order chi connectivity index (χ0) is 15.4. The monoisotopic (exact) mass is 309 g/mol. The molecule has 1 aromatic rings. The normalized spacial score (nSPS) is 22.8. The van der Waals surface area contributed by atoms with E-state index in [1.54, 1.807) is 24.3 Å². The van der Waals surface area contributed by atoms with Crippen LogP contribution in [0.4, 0.5) is 0 Å². The van der Waals surface area contributed by atoms with Crippen LogP contribution in [0.2, 0.25) is 5.02 Å². The quantitative estimate of drug-likeness (QED) is 0.881. The molecule has 2 atom stereocenters. The van der Waals surface area contributed by atoms with Gasteiger partial charge in [0.15, 0.2) is 0 Å². The van der Waals surface area contributed by atoms with Crippen LogP contribution in [-0.2, 0) is 4.79 Å². The number of rotatable bonds is 3. The highest BCUT2D eigenvalue weighted by atomic mass is 35.5. The summed E-state index contributed by atoms with van der Waals surface area (Å²) in [5.41, 5.74) is 6.30. The average Bonchev–Trinajstić information content (AvgIpc) is 2.43. The van der Waals surface area contributed by atoms with E-state index >= 15 is 0 Å². The number of nitrogens with two attached hydrogens (primary N) is 1. The zero-order valence-corrected chi connectivity index (χ0v) is 12.8. The molecule has 0 spiro atoms. The SMILES string of the molecule is CC1CCN(CC(=O)NC(=O)c2ccccc2Cl)CC1N. The summed E-state index contributed by atoms with van der Waals surface area (Å²) in [5, 5.41) is 2.70. The second-order valence-electron chi connectivity index (χ2n) is 5.52. The van der Waals surface area contributed by atoms with E-state index in [0.29, 0.717) is 23.0 Å². The molecule has 1 fully saturated rings. The first kappa shape index (κ1) is 15.9. The highest BCUT2D eigenvalue weighted by Gasteiger charge is 2.25. The van der Waals surface area contributed by atoms with Gasteiger partial charge < -0.3 is 5.73 Å². The number of hydrogen-bond donors (Lipinski definition) is 2. The summed E-state index contributed by atoms with van der Waals surface area (Å²) >= 11 is 5.93. The predicted octanol–water partition coefficient (Wildman–Crippen LogP) is 1.27. The number of nitrogens with one attached hydrogen (secondary N) is 1. The molecule has 1 heterocycles. The van der Waals surface area contributed by atoms with E-state index in [0.717, 1.165) is 13.0 Å². The van der Waals surface area contributed by atoms with Crippen molar-refractivity contribution in [3.8, 4) is 0 Å². The van der Waals surface area contributed by atoms with Crippen LogP contribution < -0.4 is 11.1 Å². The van der Waals surface area contributed by atoms with E-state index in [-0.39, 0.29) is 18.5 Å². The molecule has 1 aliphatic rings. The van der Waals surface area contributed by atoms with Crippen molar-refractivity contribution in [3.63, 3.8) is 0 Å². The molecule has 1 saturated heterocycles. The van der Waals surface area contributed by atoms with Gasteiger partial charge in [-0.25, -0.2) is 0 Å². The van der Waals surface area contributed by atoms with Crippen LogP contribution >= 0.6 is 11.6 Å². The van der Waals surface area contributed by atoms with Crippen molar-refractivity contribution < 1.29 is 9.59 Å². The first-order valence-electron chi connectivity index (χ1n) is 7.04. The number of carbonyl (C=O) groups excluding carboxylic acids is 2.